The lowest BCUT2D eigenvalue weighted by Gasteiger charge is -2.49. The molecule has 5 nitrogen and oxygen atoms in total. The first kappa shape index (κ1) is 24.9. The van der Waals surface area contributed by atoms with Crippen LogP contribution in [0.5, 0.6) is 5.75 Å². The Morgan fingerprint density at radius 3 is 2.62 bits per heavy atom. The highest BCUT2D eigenvalue weighted by Crippen LogP contribution is 2.40. The molecule has 0 unspecified atom stereocenters. The lowest BCUT2D eigenvalue weighted by atomic mass is 9.82. The lowest BCUT2D eigenvalue weighted by Crippen LogP contribution is -2.61. The summed E-state index contributed by atoms with van der Waals surface area (Å²) in [6.45, 7) is 1.68. The number of methoxy groups -OCH3 is 1. The molecule has 3 aromatic rings. The van der Waals surface area contributed by atoms with Gasteiger partial charge >= 0.3 is 6.18 Å². The van der Waals surface area contributed by atoms with Crippen LogP contribution >= 0.6 is 0 Å². The van der Waals surface area contributed by atoms with Crippen LogP contribution in [0.3, 0.4) is 0 Å². The van der Waals surface area contributed by atoms with Gasteiger partial charge in [0.2, 0.25) is 5.91 Å². The summed E-state index contributed by atoms with van der Waals surface area (Å²) >= 11 is 0. The average Bonchev–Trinajstić information content (AvgIpc) is 2.90. The minimum absolute atomic E-state index is 0.00374. The van der Waals surface area contributed by atoms with Crippen molar-refractivity contribution in [2.75, 3.05) is 36.5 Å². The summed E-state index contributed by atoms with van der Waals surface area (Å²) in [5, 5.41) is 2.82. The van der Waals surface area contributed by atoms with E-state index in [1.807, 2.05) is 29.2 Å². The molecule has 0 spiro atoms. The third-order valence-electron chi connectivity index (χ3n) is 7.21. The van der Waals surface area contributed by atoms with Crippen LogP contribution in [0.4, 0.5) is 28.9 Å². The number of hydrogen-bond donors (Lipinski definition) is 1. The highest BCUT2D eigenvalue weighted by Gasteiger charge is 2.42. The summed E-state index contributed by atoms with van der Waals surface area (Å²) in [5.74, 6) is -0.632. The van der Waals surface area contributed by atoms with Crippen molar-refractivity contribution in [3.8, 4) is 5.75 Å². The van der Waals surface area contributed by atoms with E-state index in [4.69, 9.17) is 4.74 Å². The molecule has 0 aromatic heterocycles. The van der Waals surface area contributed by atoms with Gasteiger partial charge in [-0.15, -0.1) is 0 Å². The molecule has 1 N–H and O–H groups in total. The second kappa shape index (κ2) is 9.95. The van der Waals surface area contributed by atoms with Crippen LogP contribution in [0.25, 0.3) is 0 Å². The monoisotopic (exact) mass is 513 g/mol. The number of hydrogen-bond acceptors (Lipinski definition) is 4. The maximum Gasteiger partial charge on any atom is 0.416 e. The number of rotatable bonds is 5. The molecule has 2 atom stereocenters. The fourth-order valence-electron chi connectivity index (χ4n) is 5.30. The molecule has 0 saturated carbocycles. The van der Waals surface area contributed by atoms with Crippen LogP contribution in [0.1, 0.15) is 16.7 Å². The van der Waals surface area contributed by atoms with Gasteiger partial charge in [0.15, 0.2) is 0 Å². The Bertz CT molecular complexity index is 1300. The third-order valence-corrected chi connectivity index (χ3v) is 7.21. The first-order valence-electron chi connectivity index (χ1n) is 12.1. The van der Waals surface area contributed by atoms with Crippen LogP contribution in [-0.4, -0.2) is 38.7 Å². The summed E-state index contributed by atoms with van der Waals surface area (Å²) in [6.07, 6.45) is -4.31. The zero-order valence-electron chi connectivity index (χ0n) is 20.3. The SMILES string of the molecule is COc1cccc(N2CCN3c4ccc(C(F)(F)F)cc4C[C@H](C(=O)NCc4ccccc4F)[C@H]3C2)c1. The molecule has 2 aliphatic heterocycles. The number of anilines is 2. The van der Waals surface area contributed by atoms with Crippen molar-refractivity contribution in [1.29, 1.82) is 0 Å². The fraction of sp³-hybridized carbons (Fsp3) is 0.321. The minimum atomic E-state index is -4.47. The second-order valence-corrected chi connectivity index (χ2v) is 9.37. The molecule has 0 radical (unpaired) electrons. The van der Waals surface area contributed by atoms with Gasteiger partial charge in [-0.2, -0.15) is 13.2 Å². The molecule has 37 heavy (non-hydrogen) atoms. The van der Waals surface area contributed by atoms with Gasteiger partial charge in [-0.05, 0) is 48.4 Å². The van der Waals surface area contributed by atoms with E-state index < -0.39 is 23.5 Å². The Balaban J connectivity index is 1.45. The molecule has 3 aromatic carbocycles. The number of halogens is 4. The van der Waals surface area contributed by atoms with Crippen LogP contribution in [-0.2, 0) is 23.9 Å². The van der Waals surface area contributed by atoms with E-state index in [0.29, 0.717) is 36.5 Å². The molecule has 5 rings (SSSR count). The van der Waals surface area contributed by atoms with E-state index in [9.17, 15) is 22.4 Å². The van der Waals surface area contributed by atoms with Gasteiger partial charge in [-0.25, -0.2) is 4.39 Å². The summed E-state index contributed by atoms with van der Waals surface area (Å²) in [6, 6.07) is 17.3. The van der Waals surface area contributed by atoms with Crippen LogP contribution in [0.2, 0.25) is 0 Å². The second-order valence-electron chi connectivity index (χ2n) is 9.37. The number of nitrogens with one attached hydrogen (secondary N) is 1. The van der Waals surface area contributed by atoms with E-state index in [1.165, 1.54) is 12.1 Å². The predicted molar refractivity (Wildman–Crippen MR) is 133 cm³/mol. The van der Waals surface area contributed by atoms with Gasteiger partial charge in [-0.1, -0.05) is 24.3 Å². The zero-order chi connectivity index (χ0) is 26.2. The molecule has 1 amide bonds. The highest BCUT2D eigenvalue weighted by molar-refractivity contribution is 5.82. The molecule has 0 aliphatic carbocycles. The van der Waals surface area contributed by atoms with Crippen molar-refractivity contribution in [3.05, 3.63) is 89.2 Å². The van der Waals surface area contributed by atoms with Crippen molar-refractivity contribution in [2.24, 2.45) is 5.92 Å². The van der Waals surface area contributed by atoms with Crippen molar-refractivity contribution >= 4 is 17.3 Å². The molecular weight excluding hydrogens is 486 g/mol. The largest absolute Gasteiger partial charge is 0.497 e. The normalized spacial score (nSPS) is 19.2. The predicted octanol–water partition coefficient (Wildman–Crippen LogP) is 5.04. The zero-order valence-corrected chi connectivity index (χ0v) is 20.3. The first-order valence-corrected chi connectivity index (χ1v) is 12.1. The van der Waals surface area contributed by atoms with Crippen LogP contribution in [0.15, 0.2) is 66.7 Å². The number of piperazine rings is 1. The number of amides is 1. The molecule has 0 bridgehead atoms. The first-order chi connectivity index (χ1) is 17.7. The Kier molecular flexibility index (Phi) is 6.70. The number of carbonyl (C=O) groups excluding carboxylic acids is 1. The van der Waals surface area contributed by atoms with Gasteiger partial charge in [0.25, 0.3) is 0 Å². The van der Waals surface area contributed by atoms with Crippen molar-refractivity contribution < 1.29 is 27.1 Å². The van der Waals surface area contributed by atoms with Crippen LogP contribution in [0, 0.1) is 11.7 Å². The number of carbonyl (C=O) groups is 1. The minimum Gasteiger partial charge on any atom is -0.497 e. The molecule has 9 heteroatoms. The number of nitrogens with zero attached hydrogens (tertiary/aromatic N) is 2. The molecular formula is C28H27F4N3O2. The Hall–Kier alpha value is -3.75. The van der Waals surface area contributed by atoms with E-state index >= 15 is 0 Å². The van der Waals surface area contributed by atoms with E-state index in [1.54, 1.807) is 25.3 Å². The Morgan fingerprint density at radius 1 is 1.05 bits per heavy atom. The Morgan fingerprint density at radius 2 is 1.86 bits per heavy atom. The number of alkyl halides is 3. The van der Waals surface area contributed by atoms with E-state index in [0.717, 1.165) is 23.5 Å². The fourth-order valence-corrected chi connectivity index (χ4v) is 5.30. The standard InChI is InChI=1S/C28H27F4N3O2/c1-37-22-7-4-6-21(15-22)34-11-12-35-25-10-9-20(28(30,31)32)13-19(25)14-23(26(35)17-34)27(36)33-16-18-5-2-3-8-24(18)29/h2-10,13,15,23,26H,11-12,14,16-17H2,1H3,(H,33,36)/t23-,26+/m0/s1. The number of benzene rings is 3. The summed E-state index contributed by atoms with van der Waals surface area (Å²) in [4.78, 5) is 17.7. The molecule has 2 aliphatic rings. The summed E-state index contributed by atoms with van der Waals surface area (Å²) in [7, 11) is 1.60. The van der Waals surface area contributed by atoms with Crippen molar-refractivity contribution in [1.82, 2.24) is 5.32 Å². The average molecular weight is 514 g/mol. The van der Waals surface area contributed by atoms with Gasteiger partial charge in [0.05, 0.1) is 24.6 Å². The molecule has 194 valence electrons. The van der Waals surface area contributed by atoms with E-state index in [-0.39, 0.29) is 24.9 Å². The Labute approximate surface area is 212 Å². The smallest absolute Gasteiger partial charge is 0.416 e. The van der Waals surface area contributed by atoms with Gasteiger partial charge in [0.1, 0.15) is 11.6 Å². The summed E-state index contributed by atoms with van der Waals surface area (Å²) < 4.78 is 59.8. The van der Waals surface area contributed by atoms with Gasteiger partial charge in [0, 0.05) is 49.2 Å². The highest BCUT2D eigenvalue weighted by atomic mass is 19.4. The summed E-state index contributed by atoms with van der Waals surface area (Å²) in [5.41, 5.74) is 1.78. The lowest BCUT2D eigenvalue weighted by molar-refractivity contribution is -0.137. The quantitative estimate of drug-likeness (QED) is 0.486. The van der Waals surface area contributed by atoms with Gasteiger partial charge in [-0.3, -0.25) is 4.79 Å². The maximum absolute atomic E-state index is 14.1. The van der Waals surface area contributed by atoms with Crippen molar-refractivity contribution in [3.63, 3.8) is 0 Å². The molecule has 2 heterocycles. The molecule has 1 fully saturated rings. The van der Waals surface area contributed by atoms with E-state index in [2.05, 4.69) is 10.2 Å². The topological polar surface area (TPSA) is 44.8 Å². The van der Waals surface area contributed by atoms with Crippen molar-refractivity contribution in [2.45, 2.75) is 25.2 Å². The molecule has 1 saturated heterocycles. The number of ether oxygens (including phenoxy) is 1. The maximum atomic E-state index is 14.1. The third kappa shape index (κ3) is 5.08. The van der Waals surface area contributed by atoms with Crippen LogP contribution < -0.4 is 19.9 Å². The number of fused-ring (bicyclic) bond motifs is 3. The van der Waals surface area contributed by atoms with Gasteiger partial charge < -0.3 is 19.9 Å².